The summed E-state index contributed by atoms with van der Waals surface area (Å²) in [5.41, 5.74) is 0.848. The molecule has 0 fully saturated rings. The van der Waals surface area contributed by atoms with Crippen molar-refractivity contribution in [2.24, 2.45) is 0 Å². The van der Waals surface area contributed by atoms with Gasteiger partial charge in [-0.15, -0.1) is 0 Å². The molecule has 0 spiro atoms. The third-order valence-electron chi connectivity index (χ3n) is 3.64. The Morgan fingerprint density at radius 1 is 0.667 bits per heavy atom. The zero-order valence-corrected chi connectivity index (χ0v) is 9.72. The van der Waals surface area contributed by atoms with Crippen LogP contribution in [0.1, 0.15) is 0 Å². The molecule has 4 aromatic rings. The Labute approximate surface area is 104 Å². The van der Waals surface area contributed by atoms with Crippen LogP contribution in [-0.4, -0.2) is 0 Å². The standard InChI is InChI=1S/C17H10N/c1-18-15-10-8-13-6-5-11-3-2-4-12-7-9-14(15)17(13)16(11)12/h1-10H/q+1. The summed E-state index contributed by atoms with van der Waals surface area (Å²) in [6, 6.07) is 19.0. The molecule has 0 aliphatic heterocycles. The molecule has 0 N–H and O–H groups in total. The summed E-state index contributed by atoms with van der Waals surface area (Å²) < 4.78 is 0. The van der Waals surface area contributed by atoms with E-state index in [4.69, 9.17) is 6.57 Å². The van der Waals surface area contributed by atoms with Crippen LogP contribution in [0, 0.1) is 6.57 Å². The number of rotatable bonds is 0. The monoisotopic (exact) mass is 228 g/mol. The minimum atomic E-state index is 0.848. The predicted octanol–water partition coefficient (Wildman–Crippen LogP) is 5.18. The van der Waals surface area contributed by atoms with E-state index in [9.17, 15) is 0 Å². The Morgan fingerprint density at radius 3 is 2.00 bits per heavy atom. The Kier molecular flexibility index (Phi) is 1.68. The van der Waals surface area contributed by atoms with Gasteiger partial charge in [0.25, 0.3) is 6.57 Å². The van der Waals surface area contributed by atoms with E-state index in [0.29, 0.717) is 0 Å². The summed E-state index contributed by atoms with van der Waals surface area (Å²) in [4.78, 5) is 3.88. The van der Waals surface area contributed by atoms with Crippen LogP contribution in [0.15, 0.2) is 54.6 Å². The van der Waals surface area contributed by atoms with Gasteiger partial charge in [0.2, 0.25) is 0 Å². The highest BCUT2D eigenvalue weighted by Crippen LogP contribution is 2.38. The van der Waals surface area contributed by atoms with Crippen molar-refractivity contribution in [1.82, 2.24) is 0 Å². The van der Waals surface area contributed by atoms with Crippen LogP contribution < -0.4 is 0 Å². The van der Waals surface area contributed by atoms with Gasteiger partial charge in [0.15, 0.2) is 0 Å². The van der Waals surface area contributed by atoms with Gasteiger partial charge in [0.05, 0.1) is 5.39 Å². The van der Waals surface area contributed by atoms with Crippen LogP contribution in [0.5, 0.6) is 0 Å². The van der Waals surface area contributed by atoms with Gasteiger partial charge in [-0.25, -0.2) is 0 Å². The lowest BCUT2D eigenvalue weighted by atomic mass is 9.94. The van der Waals surface area contributed by atoms with Crippen molar-refractivity contribution < 1.29 is 0 Å². The lowest BCUT2D eigenvalue weighted by Gasteiger charge is -2.08. The molecule has 0 aliphatic rings. The first-order valence-corrected chi connectivity index (χ1v) is 5.96. The van der Waals surface area contributed by atoms with Crippen molar-refractivity contribution >= 4 is 38.0 Å². The molecule has 4 rings (SSSR count). The van der Waals surface area contributed by atoms with E-state index < -0.39 is 0 Å². The van der Waals surface area contributed by atoms with E-state index in [1.807, 2.05) is 6.07 Å². The number of hydrogen-bond donors (Lipinski definition) is 0. The first-order chi connectivity index (χ1) is 8.88. The Bertz CT molecular complexity index is 913. The van der Waals surface area contributed by atoms with Crippen LogP contribution in [0.4, 0.5) is 5.69 Å². The summed E-state index contributed by atoms with van der Waals surface area (Å²) in [6.45, 7) is 5.47. The highest BCUT2D eigenvalue weighted by molar-refractivity contribution is 6.25. The SMILES string of the molecule is C#[N+]c1ccc2ccc3cccc4ccc1c2c34. The third kappa shape index (κ3) is 1.05. The van der Waals surface area contributed by atoms with Gasteiger partial charge in [0, 0.05) is 11.5 Å². The topological polar surface area (TPSA) is 4.36 Å². The van der Waals surface area contributed by atoms with E-state index >= 15 is 0 Å². The quantitative estimate of drug-likeness (QED) is 0.365. The van der Waals surface area contributed by atoms with Gasteiger partial charge in [-0.1, -0.05) is 36.4 Å². The summed E-state index contributed by atoms with van der Waals surface area (Å²) in [5.74, 6) is 0. The first kappa shape index (κ1) is 9.44. The maximum absolute atomic E-state index is 5.47. The molecule has 4 aromatic carbocycles. The van der Waals surface area contributed by atoms with Gasteiger partial charge in [0.1, 0.15) is 0 Å². The van der Waals surface area contributed by atoms with Gasteiger partial charge in [-0.2, -0.15) is 0 Å². The largest absolute Gasteiger partial charge is 0.347 e. The fourth-order valence-corrected chi connectivity index (χ4v) is 2.83. The van der Waals surface area contributed by atoms with Crippen molar-refractivity contribution in [3.8, 4) is 6.57 Å². The van der Waals surface area contributed by atoms with E-state index in [1.165, 1.54) is 26.9 Å². The number of benzene rings is 4. The number of nitrogens with zero attached hydrogens (tertiary/aromatic N) is 1. The number of hydrogen-bond acceptors (Lipinski definition) is 0. The first-order valence-electron chi connectivity index (χ1n) is 5.96. The smallest absolute Gasteiger partial charge is 0.0610 e. The molecule has 0 unspecified atom stereocenters. The minimum Gasteiger partial charge on any atom is -0.0610 e. The van der Waals surface area contributed by atoms with E-state index in [1.54, 1.807) is 0 Å². The summed E-state index contributed by atoms with van der Waals surface area (Å²) in [6.07, 6.45) is 0. The molecular formula is C17H10N+. The van der Waals surface area contributed by atoms with E-state index in [0.717, 1.165) is 11.1 Å². The van der Waals surface area contributed by atoms with Crippen LogP contribution in [0.2, 0.25) is 0 Å². The molecule has 0 heterocycles. The average molecular weight is 228 g/mol. The summed E-state index contributed by atoms with van der Waals surface area (Å²) >= 11 is 0. The summed E-state index contributed by atoms with van der Waals surface area (Å²) in [5, 5.41) is 7.45. The molecule has 0 atom stereocenters. The zero-order chi connectivity index (χ0) is 12.1. The second-order valence-corrected chi connectivity index (χ2v) is 4.57. The molecule has 0 bridgehead atoms. The summed E-state index contributed by atoms with van der Waals surface area (Å²) in [7, 11) is 0. The fraction of sp³-hybridized carbons (Fsp3) is 0. The Hall–Kier alpha value is -2.59. The highest BCUT2D eigenvalue weighted by Gasteiger charge is 2.14. The van der Waals surface area contributed by atoms with Crippen molar-refractivity contribution in [2.75, 3.05) is 0 Å². The van der Waals surface area contributed by atoms with Crippen LogP contribution in [0.3, 0.4) is 0 Å². The Morgan fingerprint density at radius 2 is 1.28 bits per heavy atom. The van der Waals surface area contributed by atoms with Crippen molar-refractivity contribution in [3.63, 3.8) is 0 Å². The van der Waals surface area contributed by atoms with Gasteiger partial charge < -0.3 is 0 Å². The maximum Gasteiger partial charge on any atom is 0.347 e. The minimum absolute atomic E-state index is 0.848. The fourth-order valence-electron chi connectivity index (χ4n) is 2.83. The predicted molar refractivity (Wildman–Crippen MR) is 78.1 cm³/mol. The second-order valence-electron chi connectivity index (χ2n) is 4.57. The lowest BCUT2D eigenvalue weighted by molar-refractivity contribution is 1.78. The molecule has 0 radical (unpaired) electrons. The molecule has 0 amide bonds. The molecule has 82 valence electrons. The third-order valence-corrected chi connectivity index (χ3v) is 3.64. The molecule has 1 nitrogen and oxygen atoms in total. The van der Waals surface area contributed by atoms with Crippen molar-refractivity contribution in [2.45, 2.75) is 0 Å². The lowest BCUT2D eigenvalue weighted by Crippen LogP contribution is -1.83. The normalized spacial score (nSPS) is 11.3. The Balaban J connectivity index is 2.45. The van der Waals surface area contributed by atoms with Gasteiger partial charge >= 0.3 is 5.69 Å². The second kappa shape index (κ2) is 3.21. The van der Waals surface area contributed by atoms with Crippen LogP contribution >= 0.6 is 0 Å². The van der Waals surface area contributed by atoms with E-state index in [2.05, 4.69) is 53.4 Å². The molecule has 18 heavy (non-hydrogen) atoms. The van der Waals surface area contributed by atoms with E-state index in [-0.39, 0.29) is 0 Å². The molecule has 1 heteroatoms. The molecule has 0 aliphatic carbocycles. The van der Waals surface area contributed by atoms with Gasteiger partial charge in [-0.3, -0.25) is 0 Å². The van der Waals surface area contributed by atoms with Crippen LogP contribution in [0.25, 0.3) is 37.2 Å². The molecule has 0 aromatic heterocycles. The van der Waals surface area contributed by atoms with Crippen LogP contribution in [-0.2, 0) is 0 Å². The molecule has 0 saturated heterocycles. The molecular weight excluding hydrogens is 218 g/mol. The average Bonchev–Trinajstić information content (AvgIpc) is 2.44. The van der Waals surface area contributed by atoms with Crippen molar-refractivity contribution in [3.05, 3.63) is 59.4 Å². The highest BCUT2D eigenvalue weighted by atomic mass is 14.6. The van der Waals surface area contributed by atoms with Crippen molar-refractivity contribution in [1.29, 1.82) is 0 Å². The van der Waals surface area contributed by atoms with Gasteiger partial charge in [-0.05, 0) is 38.5 Å². The maximum atomic E-state index is 5.47. The molecule has 0 saturated carbocycles. The zero-order valence-electron chi connectivity index (χ0n) is 9.72.